The van der Waals surface area contributed by atoms with Crippen molar-refractivity contribution in [3.05, 3.63) is 65.4 Å². The van der Waals surface area contributed by atoms with Crippen molar-refractivity contribution in [2.75, 3.05) is 6.61 Å². The molecule has 0 spiro atoms. The molecular formula is C29H30O11. The molecule has 0 saturated carbocycles. The van der Waals surface area contributed by atoms with Gasteiger partial charge in [-0.3, -0.25) is 19.2 Å². The van der Waals surface area contributed by atoms with E-state index < -0.39 is 54.4 Å². The van der Waals surface area contributed by atoms with E-state index in [4.69, 9.17) is 28.1 Å². The van der Waals surface area contributed by atoms with Crippen LogP contribution in [-0.2, 0) is 49.3 Å². The first-order chi connectivity index (χ1) is 19.0. The molecule has 0 bridgehead atoms. The Morgan fingerprint density at radius 3 is 2.10 bits per heavy atom. The zero-order chi connectivity index (χ0) is 29.0. The van der Waals surface area contributed by atoms with Crippen molar-refractivity contribution in [1.29, 1.82) is 0 Å². The molecule has 11 nitrogen and oxygen atoms in total. The van der Waals surface area contributed by atoms with E-state index in [0.29, 0.717) is 12.2 Å². The zero-order valence-corrected chi connectivity index (χ0v) is 22.4. The fourth-order valence-corrected chi connectivity index (χ4v) is 4.75. The molecule has 2 heterocycles. The summed E-state index contributed by atoms with van der Waals surface area (Å²) in [4.78, 5) is 47.8. The number of para-hydroxylation sites is 1. The number of furan rings is 1. The van der Waals surface area contributed by atoms with Crippen LogP contribution < -0.4 is 0 Å². The fourth-order valence-electron chi connectivity index (χ4n) is 4.75. The summed E-state index contributed by atoms with van der Waals surface area (Å²) in [5.74, 6) is -2.32. The van der Waals surface area contributed by atoms with Gasteiger partial charge in [0.25, 0.3) is 0 Å². The van der Waals surface area contributed by atoms with Gasteiger partial charge in [-0.25, -0.2) is 0 Å². The predicted molar refractivity (Wildman–Crippen MR) is 138 cm³/mol. The van der Waals surface area contributed by atoms with Crippen LogP contribution in [0.5, 0.6) is 5.75 Å². The molecule has 1 aromatic heterocycles. The second-order valence-electron chi connectivity index (χ2n) is 9.44. The minimum Gasteiger partial charge on any atom is -0.508 e. The van der Waals surface area contributed by atoms with Crippen LogP contribution in [0.25, 0.3) is 11.0 Å². The lowest BCUT2D eigenvalue weighted by molar-refractivity contribution is -0.254. The summed E-state index contributed by atoms with van der Waals surface area (Å²) in [5, 5.41) is 11.8. The van der Waals surface area contributed by atoms with E-state index in [1.54, 1.807) is 12.1 Å². The van der Waals surface area contributed by atoms with Crippen molar-refractivity contribution in [2.45, 2.75) is 64.6 Å². The van der Waals surface area contributed by atoms with Gasteiger partial charge in [-0.1, -0.05) is 24.3 Å². The van der Waals surface area contributed by atoms with Crippen molar-refractivity contribution < 1.29 is 52.4 Å². The van der Waals surface area contributed by atoms with E-state index in [1.165, 1.54) is 13.0 Å². The Morgan fingerprint density at radius 2 is 1.45 bits per heavy atom. The number of carbonyl (C=O) groups is 4. The van der Waals surface area contributed by atoms with Crippen molar-refractivity contribution in [3.8, 4) is 5.75 Å². The number of carbonyl (C=O) groups excluding carboxylic acids is 4. The molecular weight excluding hydrogens is 524 g/mol. The van der Waals surface area contributed by atoms with Crippen LogP contribution in [0, 0.1) is 0 Å². The van der Waals surface area contributed by atoms with Crippen molar-refractivity contribution in [1.82, 2.24) is 0 Å². The molecule has 2 unspecified atom stereocenters. The minimum atomic E-state index is -1.34. The van der Waals surface area contributed by atoms with Crippen LogP contribution in [0.2, 0.25) is 0 Å². The Labute approximate surface area is 229 Å². The minimum absolute atomic E-state index is 0.186. The first-order valence-corrected chi connectivity index (χ1v) is 12.6. The Balaban J connectivity index is 1.75. The maximum Gasteiger partial charge on any atom is 0.303 e. The molecule has 3 aromatic rings. The second-order valence-corrected chi connectivity index (χ2v) is 9.44. The fraction of sp³-hybridized carbons (Fsp3) is 0.379. The number of fused-ring (bicyclic) bond motifs is 1. The van der Waals surface area contributed by atoms with Crippen LogP contribution in [0.4, 0.5) is 0 Å². The largest absolute Gasteiger partial charge is 0.508 e. The molecule has 212 valence electrons. The molecule has 11 heteroatoms. The summed E-state index contributed by atoms with van der Waals surface area (Å²) in [6, 6.07) is 14.3. The molecule has 1 saturated heterocycles. The molecule has 0 amide bonds. The lowest BCUT2D eigenvalue weighted by Gasteiger charge is -2.44. The summed E-state index contributed by atoms with van der Waals surface area (Å²) in [6.07, 6.45) is -5.92. The molecule has 1 aliphatic rings. The number of phenolic OH excluding ortho intramolecular Hbond substituents is 1. The predicted octanol–water partition coefficient (Wildman–Crippen LogP) is 3.53. The highest BCUT2D eigenvalue weighted by molar-refractivity contribution is 5.77. The van der Waals surface area contributed by atoms with Gasteiger partial charge in [-0.2, -0.15) is 0 Å². The smallest absolute Gasteiger partial charge is 0.303 e. The van der Waals surface area contributed by atoms with Gasteiger partial charge in [0.2, 0.25) is 0 Å². The van der Waals surface area contributed by atoms with Crippen LogP contribution in [-0.4, -0.2) is 60.0 Å². The average molecular weight is 555 g/mol. The molecule has 5 atom stereocenters. The number of rotatable bonds is 8. The van der Waals surface area contributed by atoms with Crippen molar-refractivity contribution in [3.63, 3.8) is 0 Å². The summed E-state index contributed by atoms with van der Waals surface area (Å²) >= 11 is 0. The molecule has 0 aliphatic carbocycles. The van der Waals surface area contributed by atoms with E-state index in [0.717, 1.165) is 37.3 Å². The molecule has 40 heavy (non-hydrogen) atoms. The highest BCUT2D eigenvalue weighted by Gasteiger charge is 2.53. The molecule has 4 rings (SSSR count). The number of esters is 4. The molecule has 1 N–H and O–H groups in total. The standard InChI is InChI=1S/C29H30O11/c1-15(30)35-14-25-27(36-16(2)31)29(38-18(4)33)28(37-17(3)32)26(40-25)22-12-19(9-10-23(22)34)11-21-13-20-7-5-6-8-24(20)39-21/h5-10,12-13,25-29,34H,11,14H2,1-4H3/t25-,26?,27-,28+,29?/m1/s1. The third-order valence-electron chi connectivity index (χ3n) is 6.24. The van der Waals surface area contributed by atoms with Gasteiger partial charge in [0.05, 0.1) is 0 Å². The van der Waals surface area contributed by atoms with Gasteiger partial charge in [0.1, 0.15) is 35.9 Å². The van der Waals surface area contributed by atoms with E-state index in [9.17, 15) is 24.3 Å². The van der Waals surface area contributed by atoms with E-state index in [2.05, 4.69) is 0 Å². The maximum atomic E-state index is 12.2. The summed E-state index contributed by atoms with van der Waals surface area (Å²) < 4.78 is 33.7. The van der Waals surface area contributed by atoms with Crippen LogP contribution in [0.15, 0.2) is 52.9 Å². The number of benzene rings is 2. The number of hydrogen-bond acceptors (Lipinski definition) is 11. The van der Waals surface area contributed by atoms with Crippen molar-refractivity contribution in [2.24, 2.45) is 0 Å². The van der Waals surface area contributed by atoms with Gasteiger partial charge in [0.15, 0.2) is 18.3 Å². The maximum absolute atomic E-state index is 12.2. The molecule has 1 fully saturated rings. The Morgan fingerprint density at radius 1 is 0.800 bits per heavy atom. The molecule has 2 aromatic carbocycles. The molecule has 1 aliphatic heterocycles. The van der Waals surface area contributed by atoms with E-state index in [1.807, 2.05) is 30.3 Å². The normalized spacial score (nSPS) is 22.4. The average Bonchev–Trinajstić information content (AvgIpc) is 3.28. The van der Waals surface area contributed by atoms with Crippen molar-refractivity contribution >= 4 is 34.8 Å². The Hall–Kier alpha value is -4.38. The van der Waals surface area contributed by atoms with E-state index in [-0.39, 0.29) is 17.9 Å². The van der Waals surface area contributed by atoms with Gasteiger partial charge in [-0.05, 0) is 29.8 Å². The van der Waals surface area contributed by atoms with Crippen LogP contribution in [0.1, 0.15) is 50.7 Å². The topological polar surface area (TPSA) is 148 Å². The second kappa shape index (κ2) is 12.2. The lowest BCUT2D eigenvalue weighted by Crippen LogP contribution is -2.59. The SMILES string of the molecule is CC(=O)OC[C@H]1OC(c2cc(Cc3cc4ccccc4o3)ccc2O)[C@H](OC(C)=O)C(OC(C)=O)[C@@H]1OC(C)=O. The summed E-state index contributed by atoms with van der Waals surface area (Å²) in [7, 11) is 0. The lowest BCUT2D eigenvalue weighted by atomic mass is 9.89. The Kier molecular flexibility index (Phi) is 8.73. The monoisotopic (exact) mass is 554 g/mol. The van der Waals surface area contributed by atoms with Gasteiger partial charge < -0.3 is 33.2 Å². The number of ether oxygens (including phenoxy) is 5. The third-order valence-corrected chi connectivity index (χ3v) is 6.24. The van der Waals surface area contributed by atoms with Gasteiger partial charge in [0, 0.05) is 45.1 Å². The molecule has 0 radical (unpaired) electrons. The van der Waals surface area contributed by atoms with Gasteiger partial charge in [-0.15, -0.1) is 0 Å². The highest BCUT2D eigenvalue weighted by atomic mass is 16.7. The zero-order valence-electron chi connectivity index (χ0n) is 22.4. The number of phenols is 1. The number of hydrogen-bond donors (Lipinski definition) is 1. The third kappa shape index (κ3) is 6.78. The van der Waals surface area contributed by atoms with E-state index >= 15 is 0 Å². The number of aromatic hydroxyl groups is 1. The summed E-state index contributed by atoms with van der Waals surface area (Å²) in [6.45, 7) is 4.28. The summed E-state index contributed by atoms with van der Waals surface area (Å²) in [5.41, 5.74) is 1.68. The van der Waals surface area contributed by atoms with Crippen LogP contribution in [0.3, 0.4) is 0 Å². The highest BCUT2D eigenvalue weighted by Crippen LogP contribution is 2.41. The first kappa shape index (κ1) is 28.6. The van der Waals surface area contributed by atoms with Crippen LogP contribution >= 0.6 is 0 Å². The van der Waals surface area contributed by atoms with Gasteiger partial charge >= 0.3 is 23.9 Å². The first-order valence-electron chi connectivity index (χ1n) is 12.6. The quantitative estimate of drug-likeness (QED) is 0.322. The Bertz CT molecular complexity index is 1370.